The third kappa shape index (κ3) is 5.22. The maximum atomic E-state index is 12.4. The van der Waals surface area contributed by atoms with Crippen molar-refractivity contribution in [3.63, 3.8) is 0 Å². The van der Waals surface area contributed by atoms with Crippen LogP contribution in [-0.2, 0) is 4.79 Å². The second-order valence-electron chi connectivity index (χ2n) is 5.48. The van der Waals surface area contributed by atoms with Crippen LogP contribution < -0.4 is 15.4 Å². The Morgan fingerprint density at radius 2 is 1.80 bits per heavy atom. The van der Waals surface area contributed by atoms with E-state index < -0.39 is 6.10 Å². The molecule has 2 rings (SSSR count). The van der Waals surface area contributed by atoms with Crippen LogP contribution >= 0.6 is 11.6 Å². The number of anilines is 1. The summed E-state index contributed by atoms with van der Waals surface area (Å²) in [5.74, 6) is -0.158. The maximum Gasteiger partial charge on any atom is 0.265 e. The van der Waals surface area contributed by atoms with Crippen LogP contribution in [0.4, 0.5) is 5.69 Å². The summed E-state index contributed by atoms with van der Waals surface area (Å²) >= 11 is 6.04. The summed E-state index contributed by atoms with van der Waals surface area (Å²) in [5, 5.41) is 5.97. The monoisotopic (exact) mass is 360 g/mol. The van der Waals surface area contributed by atoms with Gasteiger partial charge in [-0.2, -0.15) is 0 Å². The van der Waals surface area contributed by atoms with Gasteiger partial charge in [-0.25, -0.2) is 0 Å². The summed E-state index contributed by atoms with van der Waals surface area (Å²) in [7, 11) is 0. The standard InChI is InChI=1S/C19H21ClN2O3/c1-3-12-21-19(24)14-8-4-6-10-16(14)22-18(23)13(2)25-17-11-7-5-9-15(17)20/h4-11,13H,3,12H2,1-2H3,(H,21,24)(H,22,23). The number of benzene rings is 2. The molecular weight excluding hydrogens is 340 g/mol. The number of nitrogens with one attached hydrogen (secondary N) is 2. The number of carbonyl (C=O) groups is 2. The Kier molecular flexibility index (Phi) is 6.83. The summed E-state index contributed by atoms with van der Waals surface area (Å²) in [5.41, 5.74) is 0.852. The predicted molar refractivity (Wildman–Crippen MR) is 99.2 cm³/mol. The molecule has 132 valence electrons. The van der Waals surface area contributed by atoms with E-state index in [9.17, 15) is 9.59 Å². The third-order valence-electron chi connectivity index (χ3n) is 3.47. The number of halogens is 1. The Balaban J connectivity index is 2.07. The van der Waals surface area contributed by atoms with Crippen molar-refractivity contribution in [3.05, 3.63) is 59.1 Å². The summed E-state index contributed by atoms with van der Waals surface area (Å²) < 4.78 is 5.60. The Morgan fingerprint density at radius 3 is 2.52 bits per heavy atom. The van der Waals surface area contributed by atoms with Crippen LogP contribution in [0.1, 0.15) is 30.6 Å². The van der Waals surface area contributed by atoms with E-state index in [0.29, 0.717) is 28.6 Å². The Hall–Kier alpha value is -2.53. The average molecular weight is 361 g/mol. The van der Waals surface area contributed by atoms with Gasteiger partial charge in [-0.3, -0.25) is 9.59 Å². The normalized spacial score (nSPS) is 11.5. The molecule has 0 radical (unpaired) electrons. The first-order valence-electron chi connectivity index (χ1n) is 8.12. The minimum absolute atomic E-state index is 0.225. The second-order valence-corrected chi connectivity index (χ2v) is 5.89. The van der Waals surface area contributed by atoms with Gasteiger partial charge in [0.05, 0.1) is 16.3 Å². The number of carbonyl (C=O) groups excluding carboxylic acids is 2. The predicted octanol–water partition coefficient (Wildman–Crippen LogP) is 3.89. The number of hydrogen-bond acceptors (Lipinski definition) is 3. The van der Waals surface area contributed by atoms with Crippen molar-refractivity contribution in [3.8, 4) is 5.75 Å². The highest BCUT2D eigenvalue weighted by atomic mass is 35.5. The van der Waals surface area contributed by atoms with Crippen molar-refractivity contribution >= 4 is 29.1 Å². The first kappa shape index (κ1) is 18.8. The summed E-state index contributed by atoms with van der Waals surface area (Å²) in [6.07, 6.45) is 0.0647. The van der Waals surface area contributed by atoms with Crippen LogP contribution in [0, 0.1) is 0 Å². The molecule has 2 aromatic rings. The van der Waals surface area contributed by atoms with Crippen LogP contribution in [0.5, 0.6) is 5.75 Å². The zero-order valence-corrected chi connectivity index (χ0v) is 15.0. The minimum atomic E-state index is -0.772. The highest BCUT2D eigenvalue weighted by Crippen LogP contribution is 2.24. The molecule has 0 spiro atoms. The van der Waals surface area contributed by atoms with Gasteiger partial charge in [-0.05, 0) is 37.6 Å². The van der Waals surface area contributed by atoms with E-state index >= 15 is 0 Å². The van der Waals surface area contributed by atoms with Crippen molar-refractivity contribution in [2.75, 3.05) is 11.9 Å². The fourth-order valence-electron chi connectivity index (χ4n) is 2.14. The number of hydrogen-bond donors (Lipinski definition) is 2. The zero-order chi connectivity index (χ0) is 18.2. The first-order chi connectivity index (χ1) is 12.0. The SMILES string of the molecule is CCCNC(=O)c1ccccc1NC(=O)C(C)Oc1ccccc1Cl. The van der Waals surface area contributed by atoms with Crippen molar-refractivity contribution in [2.45, 2.75) is 26.4 Å². The maximum absolute atomic E-state index is 12.4. The van der Waals surface area contributed by atoms with Gasteiger partial charge in [-0.1, -0.05) is 42.8 Å². The van der Waals surface area contributed by atoms with E-state index in [0.717, 1.165) is 6.42 Å². The van der Waals surface area contributed by atoms with Crippen LogP contribution in [0.2, 0.25) is 5.02 Å². The van der Waals surface area contributed by atoms with Gasteiger partial charge in [0.15, 0.2) is 6.10 Å². The van der Waals surface area contributed by atoms with Gasteiger partial charge in [0.1, 0.15) is 5.75 Å². The van der Waals surface area contributed by atoms with Crippen LogP contribution in [-0.4, -0.2) is 24.5 Å². The molecular formula is C19H21ClN2O3. The molecule has 2 N–H and O–H groups in total. The Bertz CT molecular complexity index is 749. The number of para-hydroxylation sites is 2. The van der Waals surface area contributed by atoms with Gasteiger partial charge in [0, 0.05) is 6.54 Å². The van der Waals surface area contributed by atoms with Gasteiger partial charge in [0.25, 0.3) is 11.8 Å². The van der Waals surface area contributed by atoms with E-state index in [2.05, 4.69) is 10.6 Å². The molecule has 0 saturated carbocycles. The van der Waals surface area contributed by atoms with Crippen LogP contribution in [0.3, 0.4) is 0 Å². The van der Waals surface area contributed by atoms with Gasteiger partial charge >= 0.3 is 0 Å². The van der Waals surface area contributed by atoms with Crippen LogP contribution in [0.15, 0.2) is 48.5 Å². The number of rotatable bonds is 7. The summed E-state index contributed by atoms with van der Waals surface area (Å²) in [6, 6.07) is 13.8. The Labute approximate surface area is 152 Å². The fraction of sp³-hybridized carbons (Fsp3) is 0.263. The zero-order valence-electron chi connectivity index (χ0n) is 14.2. The highest BCUT2D eigenvalue weighted by molar-refractivity contribution is 6.32. The first-order valence-corrected chi connectivity index (χ1v) is 8.50. The van der Waals surface area contributed by atoms with Crippen LogP contribution in [0.25, 0.3) is 0 Å². The van der Waals surface area contributed by atoms with Crippen molar-refractivity contribution in [2.24, 2.45) is 0 Å². The quantitative estimate of drug-likeness (QED) is 0.787. The molecule has 6 heteroatoms. The molecule has 0 bridgehead atoms. The number of ether oxygens (including phenoxy) is 1. The van der Waals surface area contributed by atoms with Gasteiger partial charge < -0.3 is 15.4 Å². The minimum Gasteiger partial charge on any atom is -0.479 e. The number of amides is 2. The fourth-order valence-corrected chi connectivity index (χ4v) is 2.32. The largest absolute Gasteiger partial charge is 0.479 e. The molecule has 0 heterocycles. The molecule has 0 aliphatic heterocycles. The van der Waals surface area contributed by atoms with E-state index in [1.165, 1.54) is 0 Å². The molecule has 0 aromatic heterocycles. The van der Waals surface area contributed by atoms with E-state index in [1.807, 2.05) is 6.92 Å². The molecule has 25 heavy (non-hydrogen) atoms. The lowest BCUT2D eigenvalue weighted by molar-refractivity contribution is -0.122. The molecule has 5 nitrogen and oxygen atoms in total. The van der Waals surface area contributed by atoms with E-state index in [1.54, 1.807) is 55.5 Å². The lowest BCUT2D eigenvalue weighted by atomic mass is 10.1. The topological polar surface area (TPSA) is 67.4 Å². The smallest absolute Gasteiger partial charge is 0.265 e. The average Bonchev–Trinajstić information content (AvgIpc) is 2.62. The summed E-state index contributed by atoms with van der Waals surface area (Å²) in [6.45, 7) is 4.17. The second kappa shape index (κ2) is 9.08. The van der Waals surface area contributed by atoms with Crippen molar-refractivity contribution in [1.29, 1.82) is 0 Å². The lowest BCUT2D eigenvalue weighted by Gasteiger charge is -2.17. The van der Waals surface area contributed by atoms with E-state index in [-0.39, 0.29) is 11.8 Å². The molecule has 1 atom stereocenters. The summed E-state index contributed by atoms with van der Waals surface area (Å²) in [4.78, 5) is 24.6. The molecule has 1 unspecified atom stereocenters. The lowest BCUT2D eigenvalue weighted by Crippen LogP contribution is -2.32. The van der Waals surface area contributed by atoms with E-state index in [4.69, 9.17) is 16.3 Å². The highest BCUT2D eigenvalue weighted by Gasteiger charge is 2.19. The third-order valence-corrected chi connectivity index (χ3v) is 3.79. The molecule has 0 aliphatic carbocycles. The Morgan fingerprint density at radius 1 is 1.12 bits per heavy atom. The van der Waals surface area contributed by atoms with Crippen molar-refractivity contribution < 1.29 is 14.3 Å². The van der Waals surface area contributed by atoms with Gasteiger partial charge in [-0.15, -0.1) is 0 Å². The molecule has 0 fully saturated rings. The molecule has 2 aromatic carbocycles. The molecule has 2 amide bonds. The van der Waals surface area contributed by atoms with Crippen molar-refractivity contribution in [1.82, 2.24) is 5.32 Å². The molecule has 0 aliphatic rings. The molecule has 0 saturated heterocycles. The van der Waals surface area contributed by atoms with Gasteiger partial charge in [0.2, 0.25) is 0 Å².